The summed E-state index contributed by atoms with van der Waals surface area (Å²) in [5.74, 6) is 5.27. The molecule has 0 saturated heterocycles. The number of rotatable bonds is 2. The third kappa shape index (κ3) is 1.91. The Balaban J connectivity index is 2.74. The van der Waals surface area contributed by atoms with Crippen molar-refractivity contribution in [1.29, 1.82) is 0 Å². The molecule has 0 aliphatic heterocycles. The summed E-state index contributed by atoms with van der Waals surface area (Å²) >= 11 is 4.04. The van der Waals surface area contributed by atoms with Crippen LogP contribution >= 0.6 is 33.9 Å². The van der Waals surface area contributed by atoms with Gasteiger partial charge in [-0.1, -0.05) is 0 Å². The Kier molecular flexibility index (Phi) is 3.09. The van der Waals surface area contributed by atoms with Gasteiger partial charge in [0.2, 0.25) is 0 Å². The van der Waals surface area contributed by atoms with E-state index in [9.17, 15) is 0 Å². The maximum absolute atomic E-state index is 5.27. The Morgan fingerprint density at radius 1 is 1.80 bits per heavy atom. The minimum atomic E-state index is 0.264. The smallest absolute Gasteiger partial charge is 0.0656 e. The monoisotopic (exact) mass is 268 g/mol. The molecule has 0 radical (unpaired) electrons. The first-order chi connectivity index (χ1) is 4.74. The molecule has 4 heteroatoms. The molecule has 56 valence electrons. The van der Waals surface area contributed by atoms with Gasteiger partial charge in [0.05, 0.1) is 2.88 Å². The van der Waals surface area contributed by atoms with Crippen molar-refractivity contribution >= 4 is 33.9 Å². The van der Waals surface area contributed by atoms with Crippen LogP contribution in [0.1, 0.15) is 18.5 Å². The van der Waals surface area contributed by atoms with Crippen LogP contribution in [0.4, 0.5) is 0 Å². The number of hydrogen-bond acceptors (Lipinski definition) is 3. The van der Waals surface area contributed by atoms with Gasteiger partial charge >= 0.3 is 0 Å². The molecule has 0 fully saturated rings. The predicted molar refractivity (Wildman–Crippen MR) is 52.8 cm³/mol. The van der Waals surface area contributed by atoms with E-state index in [1.807, 2.05) is 6.92 Å². The van der Waals surface area contributed by atoms with Gasteiger partial charge in [0.15, 0.2) is 0 Å². The second kappa shape index (κ2) is 3.66. The van der Waals surface area contributed by atoms with E-state index in [0.717, 1.165) is 0 Å². The minimum Gasteiger partial charge on any atom is -0.271 e. The van der Waals surface area contributed by atoms with Crippen molar-refractivity contribution in [1.82, 2.24) is 5.43 Å². The fourth-order valence-corrected chi connectivity index (χ4v) is 2.11. The van der Waals surface area contributed by atoms with Crippen LogP contribution < -0.4 is 11.3 Å². The summed E-state index contributed by atoms with van der Waals surface area (Å²) in [4.78, 5) is 0. The number of halogens is 1. The third-order valence-corrected chi connectivity index (χ3v) is 3.14. The average Bonchev–Trinajstić information content (AvgIpc) is 2.34. The highest BCUT2D eigenvalue weighted by Crippen LogP contribution is 2.21. The van der Waals surface area contributed by atoms with Gasteiger partial charge in [0, 0.05) is 6.04 Å². The van der Waals surface area contributed by atoms with Crippen LogP contribution in [0.2, 0.25) is 0 Å². The van der Waals surface area contributed by atoms with Gasteiger partial charge in [-0.15, -0.1) is 11.3 Å². The van der Waals surface area contributed by atoms with Gasteiger partial charge in [0.25, 0.3) is 0 Å². The Morgan fingerprint density at radius 3 is 2.90 bits per heavy atom. The fraction of sp³-hybridized carbons (Fsp3) is 0.333. The molecular weight excluding hydrogens is 259 g/mol. The van der Waals surface area contributed by atoms with Crippen molar-refractivity contribution in [3.05, 3.63) is 19.9 Å². The molecule has 0 aromatic carbocycles. The number of thiophene rings is 1. The molecule has 0 aliphatic rings. The van der Waals surface area contributed by atoms with E-state index < -0.39 is 0 Å². The van der Waals surface area contributed by atoms with Crippen LogP contribution in [-0.4, -0.2) is 0 Å². The van der Waals surface area contributed by atoms with Crippen LogP contribution in [0.25, 0.3) is 0 Å². The second-order valence-corrected chi connectivity index (χ2v) is 4.88. The second-order valence-electron chi connectivity index (χ2n) is 2.07. The molecule has 3 N–H and O–H groups in total. The van der Waals surface area contributed by atoms with E-state index in [1.54, 1.807) is 11.3 Å². The van der Waals surface area contributed by atoms with Gasteiger partial charge in [-0.05, 0) is 46.5 Å². The Labute approximate surface area is 77.9 Å². The molecule has 1 aromatic heterocycles. The SMILES string of the molecule is CC(NN)c1csc(I)c1. The quantitative estimate of drug-likeness (QED) is 0.488. The van der Waals surface area contributed by atoms with Crippen molar-refractivity contribution in [3.8, 4) is 0 Å². The summed E-state index contributed by atoms with van der Waals surface area (Å²) in [6.45, 7) is 2.04. The van der Waals surface area contributed by atoms with Crippen molar-refractivity contribution in [2.45, 2.75) is 13.0 Å². The highest BCUT2D eigenvalue weighted by molar-refractivity contribution is 14.1. The van der Waals surface area contributed by atoms with Crippen molar-refractivity contribution in [3.63, 3.8) is 0 Å². The lowest BCUT2D eigenvalue weighted by Gasteiger charge is -2.05. The molecule has 1 unspecified atom stereocenters. The topological polar surface area (TPSA) is 38.0 Å². The first-order valence-corrected chi connectivity index (χ1v) is 4.90. The first-order valence-electron chi connectivity index (χ1n) is 2.94. The van der Waals surface area contributed by atoms with E-state index in [2.05, 4.69) is 39.5 Å². The summed E-state index contributed by atoms with van der Waals surface area (Å²) in [7, 11) is 0. The number of nitrogens with two attached hydrogens (primary N) is 1. The highest BCUT2D eigenvalue weighted by atomic mass is 127. The zero-order valence-electron chi connectivity index (χ0n) is 5.60. The minimum absolute atomic E-state index is 0.264. The van der Waals surface area contributed by atoms with Gasteiger partial charge in [-0.2, -0.15) is 0 Å². The number of nitrogens with one attached hydrogen (secondary N) is 1. The highest BCUT2D eigenvalue weighted by Gasteiger charge is 2.03. The molecule has 0 spiro atoms. The lowest BCUT2D eigenvalue weighted by molar-refractivity contribution is 0.604. The van der Waals surface area contributed by atoms with E-state index >= 15 is 0 Å². The summed E-state index contributed by atoms with van der Waals surface area (Å²) in [6, 6.07) is 2.40. The molecular formula is C6H9IN2S. The lowest BCUT2D eigenvalue weighted by atomic mass is 10.2. The van der Waals surface area contributed by atoms with Gasteiger partial charge in [-0.25, -0.2) is 0 Å². The Morgan fingerprint density at radius 2 is 2.50 bits per heavy atom. The molecule has 0 aliphatic carbocycles. The fourth-order valence-electron chi connectivity index (χ4n) is 0.647. The van der Waals surface area contributed by atoms with E-state index in [4.69, 9.17) is 5.84 Å². The molecule has 0 saturated carbocycles. The molecule has 1 heterocycles. The Bertz CT molecular complexity index is 211. The molecule has 1 aromatic rings. The number of hydrogen-bond donors (Lipinski definition) is 2. The summed E-state index contributed by atoms with van der Waals surface area (Å²) in [5, 5.41) is 2.12. The van der Waals surface area contributed by atoms with Gasteiger partial charge in [-0.3, -0.25) is 11.3 Å². The maximum atomic E-state index is 5.27. The zero-order chi connectivity index (χ0) is 7.56. The van der Waals surface area contributed by atoms with E-state index in [1.165, 1.54) is 8.45 Å². The van der Waals surface area contributed by atoms with Crippen LogP contribution in [0, 0.1) is 2.88 Å². The standard InChI is InChI=1S/C6H9IN2S/c1-4(9-8)5-2-6(7)10-3-5/h2-4,9H,8H2,1H3. The van der Waals surface area contributed by atoms with Crippen LogP contribution in [-0.2, 0) is 0 Å². The van der Waals surface area contributed by atoms with Crippen molar-refractivity contribution in [2.24, 2.45) is 5.84 Å². The van der Waals surface area contributed by atoms with Crippen LogP contribution in [0.3, 0.4) is 0 Å². The first kappa shape index (κ1) is 8.45. The molecule has 2 nitrogen and oxygen atoms in total. The lowest BCUT2D eigenvalue weighted by Crippen LogP contribution is -2.25. The summed E-state index contributed by atoms with van der Waals surface area (Å²) < 4.78 is 1.30. The largest absolute Gasteiger partial charge is 0.271 e. The van der Waals surface area contributed by atoms with Crippen LogP contribution in [0.15, 0.2) is 11.4 Å². The third-order valence-electron chi connectivity index (χ3n) is 1.34. The van der Waals surface area contributed by atoms with E-state index in [-0.39, 0.29) is 6.04 Å². The van der Waals surface area contributed by atoms with Crippen LogP contribution in [0.5, 0.6) is 0 Å². The van der Waals surface area contributed by atoms with Crippen molar-refractivity contribution < 1.29 is 0 Å². The predicted octanol–water partition coefficient (Wildman–Crippen LogP) is 1.88. The average molecular weight is 268 g/mol. The summed E-state index contributed by atoms with van der Waals surface area (Å²) in [6.07, 6.45) is 0. The molecule has 1 rings (SSSR count). The molecule has 10 heavy (non-hydrogen) atoms. The Hall–Kier alpha value is 0.350. The zero-order valence-corrected chi connectivity index (χ0v) is 8.57. The summed E-state index contributed by atoms with van der Waals surface area (Å²) in [5.41, 5.74) is 3.96. The normalized spacial score (nSPS) is 13.5. The van der Waals surface area contributed by atoms with Crippen molar-refractivity contribution in [2.75, 3.05) is 0 Å². The van der Waals surface area contributed by atoms with E-state index in [0.29, 0.717) is 0 Å². The van der Waals surface area contributed by atoms with Gasteiger partial charge < -0.3 is 0 Å². The molecule has 1 atom stereocenters. The molecule has 0 amide bonds. The maximum Gasteiger partial charge on any atom is 0.0656 e. The number of hydrazine groups is 1. The molecule has 0 bridgehead atoms. The van der Waals surface area contributed by atoms with Gasteiger partial charge in [0.1, 0.15) is 0 Å².